The molecule has 3 atom stereocenters. The van der Waals surface area contributed by atoms with Crippen molar-refractivity contribution in [1.82, 2.24) is 14.8 Å². The largest absolute Gasteiger partial charge is 0.472 e. The third-order valence-corrected chi connectivity index (χ3v) is 6.11. The Hall–Kier alpha value is -2.41. The van der Waals surface area contributed by atoms with Gasteiger partial charge in [-0.15, -0.1) is 0 Å². The molecule has 3 rings (SSSR count). The fourth-order valence-electron chi connectivity index (χ4n) is 4.07. The van der Waals surface area contributed by atoms with Crippen LogP contribution < -0.4 is 4.74 Å². The van der Waals surface area contributed by atoms with Gasteiger partial charge in [-0.3, -0.25) is 9.59 Å². The normalized spacial score (nSPS) is 22.5. The molecule has 1 aromatic rings. The van der Waals surface area contributed by atoms with Gasteiger partial charge >= 0.3 is 0 Å². The molecule has 2 aliphatic rings. The number of carbonyl (C=O) groups is 2. The van der Waals surface area contributed by atoms with Crippen molar-refractivity contribution < 1.29 is 19.4 Å². The lowest BCUT2D eigenvalue weighted by molar-refractivity contribution is -0.131. The lowest BCUT2D eigenvalue weighted by Gasteiger charge is -2.37. The Morgan fingerprint density at radius 3 is 2.87 bits per heavy atom. The van der Waals surface area contributed by atoms with Crippen LogP contribution in [0.2, 0.25) is 0 Å². The minimum atomic E-state index is -0.323. The maximum atomic E-state index is 13.4. The Balaban J connectivity index is 1.99. The number of rotatable bonds is 6. The molecule has 1 N–H and O–H groups in total. The Bertz CT molecular complexity index is 823. The van der Waals surface area contributed by atoms with Crippen LogP contribution in [0.25, 0.3) is 5.57 Å². The van der Waals surface area contributed by atoms with Gasteiger partial charge < -0.3 is 19.6 Å². The number of nitrogens with zero attached hydrogens (tertiary/aromatic N) is 3. The molecule has 0 aromatic carbocycles. The van der Waals surface area contributed by atoms with E-state index in [9.17, 15) is 14.7 Å². The number of carbonyl (C=O) groups excluding carboxylic acids is 2. The van der Waals surface area contributed by atoms with Gasteiger partial charge in [0.25, 0.3) is 5.91 Å². The van der Waals surface area contributed by atoms with E-state index in [-0.39, 0.29) is 36.5 Å². The molecular weight excluding hydrogens is 382 g/mol. The van der Waals surface area contributed by atoms with Crippen molar-refractivity contribution in [2.24, 2.45) is 5.92 Å². The number of fused-ring (bicyclic) bond motifs is 1. The molecule has 2 heterocycles. The molecule has 164 valence electrons. The highest BCUT2D eigenvalue weighted by Gasteiger charge is 2.34. The fraction of sp³-hybridized carbons (Fsp3) is 0.609. The lowest BCUT2D eigenvalue weighted by Crippen LogP contribution is -2.50. The van der Waals surface area contributed by atoms with Gasteiger partial charge in [-0.05, 0) is 43.4 Å². The van der Waals surface area contributed by atoms with Crippen molar-refractivity contribution >= 4 is 17.4 Å². The summed E-state index contributed by atoms with van der Waals surface area (Å²) in [6.07, 6.45) is 7.22. The summed E-state index contributed by atoms with van der Waals surface area (Å²) < 4.78 is 6.23. The summed E-state index contributed by atoms with van der Waals surface area (Å²) in [5.74, 6) is 0.123. The summed E-state index contributed by atoms with van der Waals surface area (Å²) in [7, 11) is 1.77. The number of amides is 2. The van der Waals surface area contributed by atoms with Crippen LogP contribution in [0.4, 0.5) is 0 Å². The molecule has 7 heteroatoms. The molecule has 0 radical (unpaired) electrons. The van der Waals surface area contributed by atoms with Crippen molar-refractivity contribution in [2.75, 3.05) is 26.7 Å². The second-order valence-electron chi connectivity index (χ2n) is 8.45. The van der Waals surface area contributed by atoms with Gasteiger partial charge in [0.05, 0.1) is 19.2 Å². The number of aliphatic hydroxyl groups excluding tert-OH is 1. The second-order valence-corrected chi connectivity index (χ2v) is 8.45. The van der Waals surface area contributed by atoms with E-state index in [1.165, 1.54) is 5.57 Å². The van der Waals surface area contributed by atoms with E-state index in [0.717, 1.165) is 24.8 Å². The molecule has 0 unspecified atom stereocenters. The fourth-order valence-corrected chi connectivity index (χ4v) is 4.07. The first-order valence-electron chi connectivity index (χ1n) is 10.9. The van der Waals surface area contributed by atoms with E-state index in [2.05, 4.69) is 11.1 Å². The van der Waals surface area contributed by atoms with E-state index >= 15 is 0 Å². The third-order valence-electron chi connectivity index (χ3n) is 6.11. The summed E-state index contributed by atoms with van der Waals surface area (Å²) in [4.78, 5) is 33.4. The molecular formula is C23H33N3O4. The molecule has 7 nitrogen and oxygen atoms in total. The summed E-state index contributed by atoms with van der Waals surface area (Å²) >= 11 is 0. The first-order valence-corrected chi connectivity index (χ1v) is 10.9. The highest BCUT2D eigenvalue weighted by molar-refractivity contribution is 5.97. The minimum Gasteiger partial charge on any atom is -0.472 e. The topological polar surface area (TPSA) is 83.0 Å². The second kappa shape index (κ2) is 9.60. The SMILES string of the molecule is CCC(=O)N(C)C[C@@H]1Oc2ncc(C3=CCCC3)cc2C(=O)N([C@H](C)CO)C[C@H]1C. The predicted octanol–water partition coefficient (Wildman–Crippen LogP) is 2.74. The zero-order valence-electron chi connectivity index (χ0n) is 18.4. The van der Waals surface area contributed by atoms with Crippen molar-refractivity contribution in [3.8, 4) is 5.88 Å². The van der Waals surface area contributed by atoms with Gasteiger partial charge in [0, 0.05) is 32.1 Å². The van der Waals surface area contributed by atoms with E-state index < -0.39 is 0 Å². The summed E-state index contributed by atoms with van der Waals surface area (Å²) in [5, 5.41) is 9.74. The van der Waals surface area contributed by atoms with Crippen LogP contribution in [0.15, 0.2) is 18.3 Å². The standard InChI is InChI=1S/C23H33N3O4/c1-5-21(28)25(4)13-20-15(2)12-26(16(3)14-27)23(29)19-10-18(11-24-22(19)30-20)17-8-6-7-9-17/h8,10-11,15-16,20,27H,5-7,9,12-14H2,1-4H3/t15-,16-,20+/m1/s1. The minimum absolute atomic E-state index is 0.0396. The van der Waals surface area contributed by atoms with Crippen molar-refractivity contribution in [3.63, 3.8) is 0 Å². The molecule has 0 saturated carbocycles. The zero-order valence-corrected chi connectivity index (χ0v) is 18.4. The number of aliphatic hydroxyl groups is 1. The van der Waals surface area contributed by atoms with Crippen LogP contribution in [-0.4, -0.2) is 70.6 Å². The van der Waals surface area contributed by atoms with E-state index in [1.807, 2.05) is 26.8 Å². The van der Waals surface area contributed by atoms with E-state index in [0.29, 0.717) is 31.0 Å². The number of hydrogen-bond acceptors (Lipinski definition) is 5. The molecule has 0 spiro atoms. The van der Waals surface area contributed by atoms with Gasteiger partial charge in [-0.25, -0.2) is 4.98 Å². The average molecular weight is 416 g/mol. The van der Waals surface area contributed by atoms with Crippen LogP contribution >= 0.6 is 0 Å². The van der Waals surface area contributed by atoms with Crippen molar-refractivity contribution in [1.29, 1.82) is 0 Å². The Labute approximate surface area is 178 Å². The Morgan fingerprint density at radius 1 is 1.47 bits per heavy atom. The molecule has 1 aromatic heterocycles. The molecule has 1 aliphatic heterocycles. The summed E-state index contributed by atoms with van der Waals surface area (Å²) in [5.41, 5.74) is 2.57. The Kier molecular flexibility index (Phi) is 7.13. The van der Waals surface area contributed by atoms with Crippen molar-refractivity contribution in [3.05, 3.63) is 29.5 Å². The summed E-state index contributed by atoms with van der Waals surface area (Å²) in [6, 6.07) is 1.54. The lowest BCUT2D eigenvalue weighted by atomic mass is 9.99. The van der Waals surface area contributed by atoms with E-state index in [4.69, 9.17) is 4.74 Å². The molecule has 0 fully saturated rings. The first kappa shape index (κ1) is 22.3. The molecule has 2 amide bonds. The van der Waals surface area contributed by atoms with Gasteiger partial charge in [-0.2, -0.15) is 0 Å². The van der Waals surface area contributed by atoms with E-state index in [1.54, 1.807) is 23.0 Å². The maximum absolute atomic E-state index is 13.4. The molecule has 30 heavy (non-hydrogen) atoms. The molecule has 1 aliphatic carbocycles. The average Bonchev–Trinajstić information content (AvgIpc) is 3.29. The quantitative estimate of drug-likeness (QED) is 0.772. The van der Waals surface area contributed by atoms with Crippen LogP contribution in [0.3, 0.4) is 0 Å². The Morgan fingerprint density at radius 2 is 2.23 bits per heavy atom. The number of aromatic nitrogens is 1. The highest BCUT2D eigenvalue weighted by atomic mass is 16.5. The number of ether oxygens (including phenoxy) is 1. The van der Waals surface area contributed by atoms with Crippen LogP contribution in [0.1, 0.15) is 62.4 Å². The predicted molar refractivity (Wildman–Crippen MR) is 115 cm³/mol. The highest BCUT2D eigenvalue weighted by Crippen LogP contribution is 2.32. The van der Waals surface area contributed by atoms with Crippen LogP contribution in [0.5, 0.6) is 5.88 Å². The molecule has 0 bridgehead atoms. The van der Waals surface area contributed by atoms with Crippen molar-refractivity contribution in [2.45, 2.75) is 58.6 Å². The third kappa shape index (κ3) is 4.67. The number of hydrogen-bond donors (Lipinski definition) is 1. The van der Waals surface area contributed by atoms with Gasteiger partial charge in [0.1, 0.15) is 11.7 Å². The monoisotopic (exact) mass is 415 g/mol. The summed E-state index contributed by atoms with van der Waals surface area (Å²) in [6.45, 7) is 6.41. The smallest absolute Gasteiger partial charge is 0.259 e. The molecule has 0 saturated heterocycles. The van der Waals surface area contributed by atoms with Gasteiger partial charge in [0.15, 0.2) is 0 Å². The number of pyridine rings is 1. The van der Waals surface area contributed by atoms with Crippen LogP contribution in [-0.2, 0) is 4.79 Å². The van der Waals surface area contributed by atoms with Gasteiger partial charge in [-0.1, -0.05) is 19.9 Å². The zero-order chi connectivity index (χ0) is 21.8. The number of likely N-dealkylation sites (N-methyl/N-ethyl adjacent to an activating group) is 1. The first-order chi connectivity index (χ1) is 14.3. The van der Waals surface area contributed by atoms with Crippen LogP contribution in [0, 0.1) is 5.92 Å². The maximum Gasteiger partial charge on any atom is 0.259 e. The number of allylic oxidation sites excluding steroid dienone is 2. The van der Waals surface area contributed by atoms with Gasteiger partial charge in [0.2, 0.25) is 11.8 Å².